The molecule has 0 bridgehead atoms. The van der Waals surface area contributed by atoms with Gasteiger partial charge in [-0.05, 0) is 19.1 Å². The average Bonchev–Trinajstić information content (AvgIpc) is 2.31. The second-order valence-corrected chi connectivity index (χ2v) is 2.90. The van der Waals surface area contributed by atoms with E-state index in [4.69, 9.17) is 10.5 Å². The first-order valence-electron chi connectivity index (χ1n) is 4.59. The summed E-state index contributed by atoms with van der Waals surface area (Å²) >= 11 is 0. The minimum absolute atomic E-state index is 0.440. The first kappa shape index (κ1) is 11.8. The summed E-state index contributed by atoms with van der Waals surface area (Å²) in [4.78, 5) is 0. The summed E-state index contributed by atoms with van der Waals surface area (Å²) in [5, 5.41) is 14.5. The van der Waals surface area contributed by atoms with E-state index in [0.29, 0.717) is 11.6 Å². The molecule has 0 aliphatic carbocycles. The maximum Gasteiger partial charge on any atom is 0.235 e. The van der Waals surface area contributed by atoms with E-state index in [0.717, 1.165) is 5.69 Å². The smallest absolute Gasteiger partial charge is 0.235 e. The summed E-state index contributed by atoms with van der Waals surface area (Å²) in [6, 6.07) is 5.38. The van der Waals surface area contributed by atoms with Gasteiger partial charge in [0, 0.05) is 12.3 Å². The lowest BCUT2D eigenvalue weighted by Gasteiger charge is -1.95. The topological polar surface area (TPSA) is 86.8 Å². The Kier molecular flexibility index (Phi) is 4.65. The van der Waals surface area contributed by atoms with Gasteiger partial charge in [0.1, 0.15) is 0 Å². The summed E-state index contributed by atoms with van der Waals surface area (Å²) in [6.45, 7) is 1.91. The number of nitrogen functional groups attached to an aromatic ring is 1. The van der Waals surface area contributed by atoms with Crippen LogP contribution in [-0.4, -0.2) is 27.5 Å². The largest absolute Gasteiger partial charge is 0.480 e. The molecule has 6 heteroatoms. The molecule has 16 heavy (non-hydrogen) atoms. The number of anilines is 1. The Morgan fingerprint density at radius 3 is 2.44 bits per heavy atom. The zero-order valence-electron chi connectivity index (χ0n) is 9.16. The third-order valence-corrected chi connectivity index (χ3v) is 1.57. The van der Waals surface area contributed by atoms with E-state index in [-0.39, 0.29) is 0 Å². The Labute approximate surface area is 93.5 Å². The van der Waals surface area contributed by atoms with Gasteiger partial charge in [-0.25, -0.2) is 0 Å². The number of hydrogen-bond donors (Lipinski definition) is 1. The Morgan fingerprint density at radius 1 is 1.25 bits per heavy atom. The second-order valence-electron chi connectivity index (χ2n) is 2.90. The fourth-order valence-corrected chi connectivity index (χ4v) is 0.839. The lowest BCUT2D eigenvalue weighted by molar-refractivity contribution is 0.392. The SMILES string of the molecule is COc1cc(N)cnn1.Cc1cccnn1. The maximum atomic E-state index is 5.35. The fourth-order valence-electron chi connectivity index (χ4n) is 0.839. The Morgan fingerprint density at radius 2 is 2.06 bits per heavy atom. The van der Waals surface area contributed by atoms with E-state index >= 15 is 0 Å². The molecule has 0 aliphatic rings. The zero-order chi connectivity index (χ0) is 11.8. The normalized spacial score (nSPS) is 8.88. The van der Waals surface area contributed by atoms with E-state index in [1.165, 1.54) is 13.3 Å². The highest BCUT2D eigenvalue weighted by molar-refractivity contribution is 5.36. The summed E-state index contributed by atoms with van der Waals surface area (Å²) in [5.41, 5.74) is 6.87. The van der Waals surface area contributed by atoms with Crippen LogP contribution >= 0.6 is 0 Å². The van der Waals surface area contributed by atoms with Crippen LogP contribution in [-0.2, 0) is 0 Å². The van der Waals surface area contributed by atoms with Gasteiger partial charge in [0.2, 0.25) is 5.88 Å². The van der Waals surface area contributed by atoms with Crippen molar-refractivity contribution in [2.24, 2.45) is 0 Å². The predicted octanol–water partition coefficient (Wildman–Crippen LogP) is 0.852. The van der Waals surface area contributed by atoms with Gasteiger partial charge in [-0.2, -0.15) is 15.3 Å². The van der Waals surface area contributed by atoms with Gasteiger partial charge in [-0.15, -0.1) is 5.10 Å². The molecule has 0 aliphatic heterocycles. The van der Waals surface area contributed by atoms with Crippen molar-refractivity contribution in [3.8, 4) is 5.88 Å². The number of nitrogens with zero attached hydrogens (tertiary/aromatic N) is 4. The molecule has 2 heterocycles. The molecule has 0 radical (unpaired) electrons. The fraction of sp³-hybridized carbons (Fsp3) is 0.200. The van der Waals surface area contributed by atoms with E-state index in [1.807, 2.05) is 19.1 Å². The van der Waals surface area contributed by atoms with E-state index in [2.05, 4.69) is 20.4 Å². The van der Waals surface area contributed by atoms with Crippen LogP contribution in [0.5, 0.6) is 5.88 Å². The van der Waals surface area contributed by atoms with Crippen LogP contribution in [0.25, 0.3) is 0 Å². The molecule has 0 unspecified atom stereocenters. The first-order valence-corrected chi connectivity index (χ1v) is 4.59. The van der Waals surface area contributed by atoms with E-state index in [9.17, 15) is 0 Å². The van der Waals surface area contributed by atoms with Crippen LogP contribution in [0.15, 0.2) is 30.6 Å². The van der Waals surface area contributed by atoms with Crippen LogP contribution in [0.4, 0.5) is 5.69 Å². The first-order chi connectivity index (χ1) is 7.72. The van der Waals surface area contributed by atoms with Gasteiger partial charge in [0.15, 0.2) is 0 Å². The second kappa shape index (κ2) is 6.28. The van der Waals surface area contributed by atoms with Crippen molar-refractivity contribution < 1.29 is 4.74 Å². The molecule has 0 saturated heterocycles. The molecule has 0 spiro atoms. The highest BCUT2D eigenvalue weighted by Crippen LogP contribution is 2.06. The van der Waals surface area contributed by atoms with Crippen LogP contribution in [0.3, 0.4) is 0 Å². The number of methoxy groups -OCH3 is 1. The minimum Gasteiger partial charge on any atom is -0.480 e. The Bertz CT molecular complexity index is 421. The molecule has 2 aromatic heterocycles. The molecule has 2 N–H and O–H groups in total. The summed E-state index contributed by atoms with van der Waals surface area (Å²) in [7, 11) is 1.52. The van der Waals surface area contributed by atoms with Crippen molar-refractivity contribution >= 4 is 5.69 Å². The zero-order valence-corrected chi connectivity index (χ0v) is 9.16. The van der Waals surface area contributed by atoms with Crippen molar-refractivity contribution in [3.63, 3.8) is 0 Å². The quantitative estimate of drug-likeness (QED) is 0.765. The van der Waals surface area contributed by atoms with Gasteiger partial charge in [0.25, 0.3) is 0 Å². The summed E-state index contributed by atoms with van der Waals surface area (Å²) in [6.07, 6.45) is 3.12. The molecule has 0 fully saturated rings. The minimum atomic E-state index is 0.440. The van der Waals surface area contributed by atoms with Crippen LogP contribution in [0.2, 0.25) is 0 Å². The van der Waals surface area contributed by atoms with Crippen molar-refractivity contribution in [1.29, 1.82) is 0 Å². The molecule has 0 atom stereocenters. The van der Waals surface area contributed by atoms with Gasteiger partial charge < -0.3 is 10.5 Å². The lowest BCUT2D eigenvalue weighted by Crippen LogP contribution is -1.92. The number of hydrogen-bond acceptors (Lipinski definition) is 6. The molecular weight excluding hydrogens is 206 g/mol. The van der Waals surface area contributed by atoms with Crippen LogP contribution in [0.1, 0.15) is 5.69 Å². The lowest BCUT2D eigenvalue weighted by atomic mass is 10.4. The van der Waals surface area contributed by atoms with Gasteiger partial charge in [0.05, 0.1) is 24.7 Å². The third kappa shape index (κ3) is 4.32. The number of aryl methyl sites for hydroxylation is 1. The predicted molar refractivity (Wildman–Crippen MR) is 59.8 cm³/mol. The third-order valence-electron chi connectivity index (χ3n) is 1.57. The monoisotopic (exact) mass is 219 g/mol. The molecule has 0 saturated carbocycles. The van der Waals surface area contributed by atoms with E-state index in [1.54, 1.807) is 12.3 Å². The number of aromatic nitrogens is 4. The summed E-state index contributed by atoms with van der Waals surface area (Å²) in [5.74, 6) is 0.440. The van der Waals surface area contributed by atoms with Crippen molar-refractivity contribution in [2.45, 2.75) is 6.92 Å². The van der Waals surface area contributed by atoms with Crippen molar-refractivity contribution in [2.75, 3.05) is 12.8 Å². The molecule has 2 rings (SSSR count). The van der Waals surface area contributed by atoms with E-state index < -0.39 is 0 Å². The highest BCUT2D eigenvalue weighted by Gasteiger charge is 1.90. The Hall–Kier alpha value is -2.24. The van der Waals surface area contributed by atoms with Crippen molar-refractivity contribution in [3.05, 3.63) is 36.3 Å². The maximum absolute atomic E-state index is 5.35. The molecule has 6 nitrogen and oxygen atoms in total. The molecule has 0 aromatic carbocycles. The number of nitrogens with two attached hydrogens (primary N) is 1. The highest BCUT2D eigenvalue weighted by atomic mass is 16.5. The average molecular weight is 219 g/mol. The molecule has 2 aromatic rings. The molecule has 0 amide bonds. The standard InChI is InChI=1S/C5H7N3O.C5H6N2/c1-9-5-2-4(6)3-7-8-5;1-5-3-2-4-6-7-5/h2-3H,1H3,(H2,6,8);2-4H,1H3. The Balaban J connectivity index is 0.000000165. The summed E-state index contributed by atoms with van der Waals surface area (Å²) < 4.78 is 4.74. The van der Waals surface area contributed by atoms with Crippen LogP contribution in [0, 0.1) is 6.92 Å². The number of rotatable bonds is 1. The van der Waals surface area contributed by atoms with Crippen molar-refractivity contribution in [1.82, 2.24) is 20.4 Å². The van der Waals surface area contributed by atoms with Gasteiger partial charge >= 0.3 is 0 Å². The van der Waals surface area contributed by atoms with Gasteiger partial charge in [-0.3, -0.25) is 0 Å². The van der Waals surface area contributed by atoms with Crippen LogP contribution < -0.4 is 10.5 Å². The van der Waals surface area contributed by atoms with Gasteiger partial charge in [-0.1, -0.05) is 0 Å². The molecule has 84 valence electrons. The molecular formula is C10H13N5O. The number of ether oxygens (including phenoxy) is 1.